The first-order valence-electron chi connectivity index (χ1n) is 21.5. The van der Waals surface area contributed by atoms with Crippen LogP contribution in [0.5, 0.6) is 0 Å². The molecule has 67 heavy (non-hydrogen) atoms. The van der Waals surface area contributed by atoms with Crippen molar-refractivity contribution in [3.8, 4) is 0 Å². The van der Waals surface area contributed by atoms with Crippen LogP contribution in [0.15, 0.2) is 9.98 Å². The fourth-order valence-corrected chi connectivity index (χ4v) is 6.06. The topological polar surface area (TPSA) is 482 Å². The van der Waals surface area contributed by atoms with Crippen molar-refractivity contribution < 1.29 is 63.3 Å². The Kier molecular flexibility index (Phi) is 28.0. The molecule has 9 amide bonds. The molecule has 0 fully saturated rings. The SMILES string of the molecule is CC(=O)N[C@@H](CCCN=C(N)N)C(=O)N[C@H](C(=O)N[C@@H](CC(=O)O)C(=O)N[C@@H](CC(C)C)C(=O)NCC(=O)N[C@@H](CO)C(=O)N[C@@H](CC(C)C)C(=O)N[C@@H](CCCN=C(N)N)C(N)=O)[C@@H](C)O. The molecule has 0 aliphatic carbocycles. The monoisotopic (exact) mass is 958 g/mol. The number of carbonyl (C=O) groups excluding carboxylic acids is 9. The maximum absolute atomic E-state index is 13.5. The molecule has 0 heterocycles. The number of nitrogens with zero attached hydrogens (tertiary/aromatic N) is 2. The Balaban J connectivity index is 5.94. The summed E-state index contributed by atoms with van der Waals surface area (Å²) in [6.07, 6.45) is -2.06. The van der Waals surface area contributed by atoms with E-state index < -0.39 is 127 Å². The summed E-state index contributed by atoms with van der Waals surface area (Å²) in [7, 11) is 0. The van der Waals surface area contributed by atoms with Crippen molar-refractivity contribution in [2.45, 2.75) is 135 Å². The number of carboxylic acids is 1. The van der Waals surface area contributed by atoms with Crippen LogP contribution in [0.4, 0.5) is 0 Å². The number of rotatable bonds is 32. The summed E-state index contributed by atoms with van der Waals surface area (Å²) in [5, 5.41) is 48.6. The normalized spacial score (nSPS) is 14.5. The van der Waals surface area contributed by atoms with Gasteiger partial charge in [0.1, 0.15) is 42.3 Å². The number of carbonyl (C=O) groups is 10. The Labute approximate surface area is 387 Å². The van der Waals surface area contributed by atoms with E-state index in [0.717, 1.165) is 13.8 Å². The first-order valence-corrected chi connectivity index (χ1v) is 21.5. The number of nitrogens with one attached hydrogen (secondary N) is 8. The largest absolute Gasteiger partial charge is 0.481 e. The van der Waals surface area contributed by atoms with Crippen molar-refractivity contribution in [2.75, 3.05) is 26.2 Å². The number of aliphatic carboxylic acids is 1. The predicted molar refractivity (Wildman–Crippen MR) is 241 cm³/mol. The molecule has 0 unspecified atom stereocenters. The first kappa shape index (κ1) is 60.2. The van der Waals surface area contributed by atoms with Gasteiger partial charge in [0.25, 0.3) is 0 Å². The molecule has 0 saturated carbocycles. The van der Waals surface area contributed by atoms with Gasteiger partial charge in [0.2, 0.25) is 53.2 Å². The zero-order valence-electron chi connectivity index (χ0n) is 38.8. The molecule has 28 heteroatoms. The number of hydrogen-bond acceptors (Lipinski definition) is 14. The van der Waals surface area contributed by atoms with Crippen LogP contribution >= 0.6 is 0 Å². The van der Waals surface area contributed by atoms with Gasteiger partial charge in [0, 0.05) is 20.0 Å². The number of aliphatic imine (C=N–C) groups is 2. The summed E-state index contributed by atoms with van der Waals surface area (Å²) < 4.78 is 0. The van der Waals surface area contributed by atoms with Crippen LogP contribution in [0.3, 0.4) is 0 Å². The van der Waals surface area contributed by atoms with Crippen LogP contribution in [0.25, 0.3) is 0 Å². The molecule has 28 nitrogen and oxygen atoms in total. The molecule has 0 aromatic heterocycles. The van der Waals surface area contributed by atoms with Gasteiger partial charge in [0.05, 0.1) is 25.7 Å². The second-order valence-corrected chi connectivity index (χ2v) is 16.4. The molecule has 380 valence electrons. The number of primary amides is 1. The van der Waals surface area contributed by atoms with E-state index in [-0.39, 0.29) is 75.4 Å². The van der Waals surface area contributed by atoms with Crippen molar-refractivity contribution in [1.82, 2.24) is 42.5 Å². The highest BCUT2D eigenvalue weighted by atomic mass is 16.4. The van der Waals surface area contributed by atoms with Crippen LogP contribution in [-0.4, -0.2) is 161 Å². The van der Waals surface area contributed by atoms with Crippen molar-refractivity contribution in [2.24, 2.45) is 50.5 Å². The summed E-state index contributed by atoms with van der Waals surface area (Å²) in [6.45, 7) is 7.64. The molecule has 8 atom stereocenters. The lowest BCUT2D eigenvalue weighted by Crippen LogP contribution is -2.61. The Bertz CT molecular complexity index is 1770. The van der Waals surface area contributed by atoms with Gasteiger partial charge in [-0.2, -0.15) is 0 Å². The highest BCUT2D eigenvalue weighted by molar-refractivity contribution is 5.98. The van der Waals surface area contributed by atoms with Crippen LogP contribution in [0.2, 0.25) is 0 Å². The van der Waals surface area contributed by atoms with Gasteiger partial charge in [-0.15, -0.1) is 0 Å². The Morgan fingerprint density at radius 3 is 1.40 bits per heavy atom. The van der Waals surface area contributed by atoms with Crippen LogP contribution in [-0.2, 0) is 47.9 Å². The molecule has 0 radical (unpaired) electrons. The summed E-state index contributed by atoms with van der Waals surface area (Å²) in [6, 6.07) is -10.3. The van der Waals surface area contributed by atoms with E-state index in [2.05, 4.69) is 52.5 Å². The maximum Gasteiger partial charge on any atom is 0.305 e. The number of carboxylic acid groups (broad SMARTS) is 1. The van der Waals surface area contributed by atoms with Gasteiger partial charge >= 0.3 is 5.97 Å². The van der Waals surface area contributed by atoms with Gasteiger partial charge < -0.3 is 86.5 Å². The molecule has 0 saturated heterocycles. The number of nitrogens with two attached hydrogens (primary N) is 5. The molecule has 0 spiro atoms. The number of amides is 9. The molecule has 0 aromatic carbocycles. The second kappa shape index (κ2) is 31.1. The quantitative estimate of drug-likeness (QED) is 0.0169. The highest BCUT2D eigenvalue weighted by Gasteiger charge is 2.35. The van der Waals surface area contributed by atoms with E-state index >= 15 is 0 Å². The van der Waals surface area contributed by atoms with Crippen LogP contribution in [0, 0.1) is 11.8 Å². The minimum absolute atomic E-state index is 0.00445. The maximum atomic E-state index is 13.5. The first-order chi connectivity index (χ1) is 31.2. The average molecular weight is 958 g/mol. The lowest BCUT2D eigenvalue weighted by Gasteiger charge is -2.27. The summed E-state index contributed by atoms with van der Waals surface area (Å²) >= 11 is 0. The summed E-state index contributed by atoms with van der Waals surface area (Å²) in [4.78, 5) is 136. The van der Waals surface area contributed by atoms with Gasteiger partial charge in [0.15, 0.2) is 11.9 Å². The predicted octanol–water partition coefficient (Wildman–Crippen LogP) is -6.95. The minimum Gasteiger partial charge on any atom is -0.481 e. The molecule has 0 aliphatic rings. The fraction of sp³-hybridized carbons (Fsp3) is 0.692. The summed E-state index contributed by atoms with van der Waals surface area (Å²) in [5.41, 5.74) is 26.7. The lowest BCUT2D eigenvalue weighted by atomic mass is 10.0. The van der Waals surface area contributed by atoms with Crippen molar-refractivity contribution in [1.29, 1.82) is 0 Å². The molecular weight excluding hydrogens is 887 g/mol. The van der Waals surface area contributed by atoms with Gasteiger partial charge in [-0.05, 0) is 57.3 Å². The van der Waals surface area contributed by atoms with Crippen molar-refractivity contribution >= 4 is 71.1 Å². The Morgan fingerprint density at radius 1 is 0.537 bits per heavy atom. The summed E-state index contributed by atoms with van der Waals surface area (Å²) in [5.74, 6) is -10.8. The van der Waals surface area contributed by atoms with Crippen molar-refractivity contribution in [3.63, 3.8) is 0 Å². The van der Waals surface area contributed by atoms with Gasteiger partial charge in [-0.1, -0.05) is 27.7 Å². The Morgan fingerprint density at radius 2 is 0.970 bits per heavy atom. The third-order valence-corrected chi connectivity index (χ3v) is 9.26. The van der Waals surface area contributed by atoms with E-state index in [1.807, 2.05) is 0 Å². The molecule has 21 N–H and O–H groups in total. The molecular formula is C39H71N15O13. The number of aliphatic hydroxyl groups excluding tert-OH is 2. The smallest absolute Gasteiger partial charge is 0.305 e. The van der Waals surface area contributed by atoms with E-state index in [0.29, 0.717) is 0 Å². The average Bonchev–Trinajstić information content (AvgIpc) is 3.20. The van der Waals surface area contributed by atoms with E-state index in [9.17, 15) is 63.3 Å². The van der Waals surface area contributed by atoms with E-state index in [4.69, 9.17) is 28.7 Å². The fourth-order valence-electron chi connectivity index (χ4n) is 6.06. The van der Waals surface area contributed by atoms with Crippen LogP contribution < -0.4 is 71.2 Å². The lowest BCUT2D eigenvalue weighted by molar-refractivity contribution is -0.142. The standard InChI is InChI=1S/C39H71N15O13/c1-18(2)13-24(51-35(65)26(15-29(59)60)53-37(67)30(20(5)56)54-33(63)23(48-21(6)57)10-8-12-46-39(43)44)32(62)47-16-28(58)49-27(17-55)36(66)52-25(14-19(3)4)34(64)50-22(31(40)61)9-7-11-45-38(41)42/h18-20,22-27,30,55-56H,7-17H2,1-6H3,(H2,40,61)(H,47,62)(H,48,57)(H,49,58)(H,50,64)(H,51,65)(H,52,66)(H,53,67)(H,54,63)(H,59,60)(H4,41,42,45)(H4,43,44,46)/t20-,22+,23+,24+,25+,26+,27+,30+/m1/s1. The zero-order valence-corrected chi connectivity index (χ0v) is 38.8. The molecule has 0 rings (SSSR count). The number of guanidine groups is 2. The number of aliphatic hydroxyl groups is 2. The minimum atomic E-state index is -1.87. The highest BCUT2D eigenvalue weighted by Crippen LogP contribution is 2.10. The number of hydrogen-bond donors (Lipinski definition) is 16. The van der Waals surface area contributed by atoms with E-state index in [1.165, 1.54) is 0 Å². The molecule has 0 bridgehead atoms. The molecule has 0 aromatic rings. The third-order valence-electron chi connectivity index (χ3n) is 9.26. The second-order valence-electron chi connectivity index (χ2n) is 16.4. The Hall–Kier alpha value is -6.84. The van der Waals surface area contributed by atoms with E-state index in [1.54, 1.807) is 27.7 Å². The molecule has 0 aliphatic heterocycles. The third kappa shape index (κ3) is 26.0. The van der Waals surface area contributed by atoms with Gasteiger partial charge in [-0.25, -0.2) is 0 Å². The zero-order chi connectivity index (χ0) is 51.6. The van der Waals surface area contributed by atoms with Gasteiger partial charge in [-0.3, -0.25) is 57.9 Å². The van der Waals surface area contributed by atoms with Crippen molar-refractivity contribution in [3.05, 3.63) is 0 Å². The van der Waals surface area contributed by atoms with Crippen LogP contribution in [0.1, 0.15) is 86.5 Å².